The number of imidazole rings is 1. The Morgan fingerprint density at radius 3 is 2.81 bits per heavy atom. The molecule has 0 unspecified atom stereocenters. The Kier molecular flexibility index (Phi) is 5.73. The van der Waals surface area contributed by atoms with Crippen molar-refractivity contribution in [3.8, 4) is 0 Å². The standard InChI is InChI=1S/C23H28N6O2/c1-16-26-18-13-17(8-9-19(18)28(16)3)27-21(30)14-29-12-6-10-23(15-29,22(31)24-2)20-7-4-5-11-25-20/h4-5,7-9,11,13H,6,10,12,14-15H2,1-3H3,(H,24,31)(H,27,30)/t23-/m0/s1. The van der Waals surface area contributed by atoms with E-state index in [0.717, 1.165) is 41.2 Å². The summed E-state index contributed by atoms with van der Waals surface area (Å²) in [5, 5.41) is 5.77. The molecule has 2 aromatic heterocycles. The van der Waals surface area contributed by atoms with Gasteiger partial charge in [-0.2, -0.15) is 0 Å². The molecule has 0 aliphatic carbocycles. The molecule has 0 saturated carbocycles. The van der Waals surface area contributed by atoms with Crippen molar-refractivity contribution in [3.63, 3.8) is 0 Å². The third kappa shape index (κ3) is 4.03. The molecule has 1 fully saturated rings. The van der Waals surface area contributed by atoms with Crippen LogP contribution in [0.25, 0.3) is 11.0 Å². The van der Waals surface area contributed by atoms with Gasteiger partial charge in [0.2, 0.25) is 11.8 Å². The molecule has 0 radical (unpaired) electrons. The van der Waals surface area contributed by atoms with Gasteiger partial charge >= 0.3 is 0 Å². The van der Waals surface area contributed by atoms with Gasteiger partial charge in [-0.25, -0.2) is 4.98 Å². The van der Waals surface area contributed by atoms with Crippen molar-refractivity contribution in [2.75, 3.05) is 32.0 Å². The van der Waals surface area contributed by atoms with Gasteiger partial charge in [-0.05, 0) is 56.6 Å². The van der Waals surface area contributed by atoms with Crippen LogP contribution >= 0.6 is 0 Å². The van der Waals surface area contributed by atoms with Crippen LogP contribution in [-0.2, 0) is 22.1 Å². The number of carbonyl (C=O) groups excluding carboxylic acids is 2. The highest BCUT2D eigenvalue weighted by atomic mass is 16.2. The SMILES string of the molecule is CNC(=O)[C@@]1(c2ccccn2)CCCN(CC(=O)Nc2ccc3c(c2)nc(C)n3C)C1. The van der Waals surface area contributed by atoms with E-state index in [2.05, 4.69) is 20.6 Å². The van der Waals surface area contributed by atoms with Crippen molar-refractivity contribution in [1.82, 2.24) is 24.8 Å². The second kappa shape index (κ2) is 8.47. The number of likely N-dealkylation sites (tertiary alicyclic amines) is 1. The number of pyridine rings is 1. The van der Waals surface area contributed by atoms with Gasteiger partial charge in [0.25, 0.3) is 0 Å². The lowest BCUT2D eigenvalue weighted by Gasteiger charge is -2.40. The molecule has 1 aliphatic rings. The van der Waals surface area contributed by atoms with E-state index in [1.54, 1.807) is 13.2 Å². The molecule has 1 aliphatic heterocycles. The lowest BCUT2D eigenvalue weighted by Crippen LogP contribution is -2.55. The van der Waals surface area contributed by atoms with Crippen LogP contribution in [0.4, 0.5) is 5.69 Å². The number of anilines is 1. The number of aryl methyl sites for hydroxylation is 2. The maximum absolute atomic E-state index is 12.9. The minimum absolute atomic E-state index is 0.0627. The molecule has 1 aromatic carbocycles. The monoisotopic (exact) mass is 420 g/mol. The van der Waals surface area contributed by atoms with Gasteiger partial charge in [0, 0.05) is 32.5 Å². The number of benzene rings is 1. The van der Waals surface area contributed by atoms with E-state index < -0.39 is 5.41 Å². The predicted octanol–water partition coefficient (Wildman–Crippen LogP) is 2.00. The first-order valence-corrected chi connectivity index (χ1v) is 10.5. The minimum atomic E-state index is -0.751. The Morgan fingerprint density at radius 1 is 1.23 bits per heavy atom. The molecule has 2 N–H and O–H groups in total. The predicted molar refractivity (Wildman–Crippen MR) is 120 cm³/mol. The van der Waals surface area contributed by atoms with E-state index in [-0.39, 0.29) is 18.4 Å². The third-order valence-electron chi connectivity index (χ3n) is 6.14. The topological polar surface area (TPSA) is 92.2 Å². The maximum atomic E-state index is 12.9. The fraction of sp³-hybridized carbons (Fsp3) is 0.391. The van der Waals surface area contributed by atoms with E-state index in [0.29, 0.717) is 13.0 Å². The summed E-state index contributed by atoms with van der Waals surface area (Å²) < 4.78 is 2.02. The fourth-order valence-electron chi connectivity index (χ4n) is 4.48. The number of likely N-dealkylation sites (N-methyl/N-ethyl adjacent to an activating group) is 1. The van der Waals surface area contributed by atoms with Crippen molar-refractivity contribution in [3.05, 3.63) is 54.1 Å². The molecular formula is C23H28N6O2. The summed E-state index contributed by atoms with van der Waals surface area (Å²) in [6.45, 7) is 3.38. The molecule has 3 heterocycles. The largest absolute Gasteiger partial charge is 0.358 e. The number of amides is 2. The van der Waals surface area contributed by atoms with Crippen LogP contribution in [-0.4, -0.2) is 57.9 Å². The number of nitrogens with one attached hydrogen (secondary N) is 2. The molecule has 31 heavy (non-hydrogen) atoms. The van der Waals surface area contributed by atoms with Crippen molar-refractivity contribution >= 4 is 28.5 Å². The van der Waals surface area contributed by atoms with E-state index in [1.807, 2.05) is 59.8 Å². The molecule has 1 saturated heterocycles. The number of rotatable bonds is 5. The van der Waals surface area contributed by atoms with E-state index in [9.17, 15) is 9.59 Å². The number of carbonyl (C=O) groups is 2. The van der Waals surface area contributed by atoms with Crippen molar-refractivity contribution in [1.29, 1.82) is 0 Å². The molecule has 1 atom stereocenters. The zero-order valence-electron chi connectivity index (χ0n) is 18.2. The maximum Gasteiger partial charge on any atom is 0.238 e. The summed E-state index contributed by atoms with van der Waals surface area (Å²) in [7, 11) is 3.62. The summed E-state index contributed by atoms with van der Waals surface area (Å²) in [6, 6.07) is 11.4. The van der Waals surface area contributed by atoms with Crippen LogP contribution in [0.5, 0.6) is 0 Å². The third-order valence-corrected chi connectivity index (χ3v) is 6.14. The number of aromatic nitrogens is 3. The normalized spacial score (nSPS) is 19.3. The van der Waals surface area contributed by atoms with Gasteiger partial charge in [-0.1, -0.05) is 6.07 Å². The molecule has 8 heteroatoms. The summed E-state index contributed by atoms with van der Waals surface area (Å²) in [4.78, 5) is 36.7. The molecular weight excluding hydrogens is 392 g/mol. The fourth-order valence-corrected chi connectivity index (χ4v) is 4.48. The van der Waals surface area contributed by atoms with E-state index >= 15 is 0 Å². The summed E-state index contributed by atoms with van der Waals surface area (Å²) in [5.41, 5.74) is 2.59. The lowest BCUT2D eigenvalue weighted by atomic mass is 9.75. The highest BCUT2D eigenvalue weighted by molar-refractivity contribution is 5.94. The van der Waals surface area contributed by atoms with Crippen LogP contribution in [0.1, 0.15) is 24.4 Å². The minimum Gasteiger partial charge on any atom is -0.358 e. The number of hydrogen-bond acceptors (Lipinski definition) is 5. The number of nitrogens with zero attached hydrogens (tertiary/aromatic N) is 4. The Labute approximate surface area is 181 Å². The molecule has 0 bridgehead atoms. The molecule has 8 nitrogen and oxygen atoms in total. The van der Waals surface area contributed by atoms with E-state index in [4.69, 9.17) is 0 Å². The highest BCUT2D eigenvalue weighted by Crippen LogP contribution is 2.33. The Morgan fingerprint density at radius 2 is 2.06 bits per heavy atom. The second-order valence-corrected chi connectivity index (χ2v) is 8.16. The summed E-state index contributed by atoms with van der Waals surface area (Å²) in [5.74, 6) is 0.750. The van der Waals surface area contributed by atoms with Crippen LogP contribution in [0, 0.1) is 6.92 Å². The Hall–Kier alpha value is -3.26. The smallest absolute Gasteiger partial charge is 0.238 e. The first-order chi connectivity index (χ1) is 14.9. The van der Waals surface area contributed by atoms with Crippen LogP contribution in [0.2, 0.25) is 0 Å². The lowest BCUT2D eigenvalue weighted by molar-refractivity contribution is -0.130. The van der Waals surface area contributed by atoms with Gasteiger partial charge in [0.05, 0.1) is 23.3 Å². The van der Waals surface area contributed by atoms with Gasteiger partial charge in [0.1, 0.15) is 11.2 Å². The summed E-state index contributed by atoms with van der Waals surface area (Å²) in [6.07, 6.45) is 3.23. The van der Waals surface area contributed by atoms with Crippen molar-refractivity contribution in [2.45, 2.75) is 25.2 Å². The molecule has 3 aromatic rings. The molecule has 162 valence electrons. The quantitative estimate of drug-likeness (QED) is 0.659. The summed E-state index contributed by atoms with van der Waals surface area (Å²) >= 11 is 0. The second-order valence-electron chi connectivity index (χ2n) is 8.16. The van der Waals surface area contributed by atoms with Gasteiger partial charge in [-0.3, -0.25) is 19.5 Å². The average Bonchev–Trinajstić information content (AvgIpc) is 3.06. The van der Waals surface area contributed by atoms with Crippen LogP contribution in [0.15, 0.2) is 42.6 Å². The average molecular weight is 421 g/mol. The van der Waals surface area contributed by atoms with Crippen LogP contribution < -0.4 is 10.6 Å². The number of fused-ring (bicyclic) bond motifs is 1. The Balaban J connectivity index is 1.48. The highest BCUT2D eigenvalue weighted by Gasteiger charge is 2.44. The molecule has 4 rings (SSSR count). The first-order valence-electron chi connectivity index (χ1n) is 10.5. The Bertz CT molecular complexity index is 1110. The van der Waals surface area contributed by atoms with Gasteiger partial charge in [-0.15, -0.1) is 0 Å². The zero-order chi connectivity index (χ0) is 22.0. The van der Waals surface area contributed by atoms with Crippen LogP contribution in [0.3, 0.4) is 0 Å². The van der Waals surface area contributed by atoms with Gasteiger partial charge < -0.3 is 15.2 Å². The number of piperidine rings is 1. The molecule has 2 amide bonds. The van der Waals surface area contributed by atoms with Gasteiger partial charge in [0.15, 0.2) is 0 Å². The first kappa shape index (κ1) is 21.0. The van der Waals surface area contributed by atoms with Crippen molar-refractivity contribution in [2.24, 2.45) is 7.05 Å². The zero-order valence-corrected chi connectivity index (χ0v) is 18.2. The van der Waals surface area contributed by atoms with E-state index in [1.165, 1.54) is 0 Å². The van der Waals surface area contributed by atoms with Crippen molar-refractivity contribution < 1.29 is 9.59 Å². The number of hydrogen-bond donors (Lipinski definition) is 2. The molecule has 0 spiro atoms.